The molecule has 1 aromatic carbocycles. The van der Waals surface area contributed by atoms with Crippen LogP contribution in [0.5, 0.6) is 0 Å². The highest BCUT2D eigenvalue weighted by Crippen LogP contribution is 2.27. The number of hydrogen-bond donors (Lipinski definition) is 1. The first kappa shape index (κ1) is 15.4. The van der Waals surface area contributed by atoms with Gasteiger partial charge in [0.2, 0.25) is 5.91 Å². The number of non-ortho nitro benzene ring substituents is 1. The Hall–Kier alpha value is -1.99. The molecule has 1 amide bonds. The second kappa shape index (κ2) is 6.64. The van der Waals surface area contributed by atoms with Gasteiger partial charge >= 0.3 is 0 Å². The number of nitrogens with one attached hydrogen (secondary N) is 1. The summed E-state index contributed by atoms with van der Waals surface area (Å²) in [6, 6.07) is 6.19. The van der Waals surface area contributed by atoms with Gasteiger partial charge in [-0.25, -0.2) is 4.98 Å². The topological polar surface area (TPSA) is 85.1 Å². The molecule has 0 aliphatic rings. The zero-order valence-corrected chi connectivity index (χ0v) is 12.6. The van der Waals surface area contributed by atoms with Gasteiger partial charge in [-0.05, 0) is 0 Å². The van der Waals surface area contributed by atoms with Crippen LogP contribution in [-0.2, 0) is 4.79 Å². The van der Waals surface area contributed by atoms with E-state index in [4.69, 9.17) is 11.6 Å². The third-order valence-corrected chi connectivity index (χ3v) is 3.99. The van der Waals surface area contributed by atoms with Crippen LogP contribution in [0.2, 0.25) is 0 Å². The number of nitro groups is 1. The molecular weight excluding hydrogens is 314 g/mol. The lowest BCUT2D eigenvalue weighted by Gasteiger charge is -2.05. The summed E-state index contributed by atoms with van der Waals surface area (Å²) in [6.07, 6.45) is 0. The van der Waals surface area contributed by atoms with Crippen molar-refractivity contribution in [3.63, 3.8) is 0 Å². The fourth-order valence-electron chi connectivity index (χ4n) is 1.54. The quantitative estimate of drug-likeness (QED) is 0.517. The van der Waals surface area contributed by atoms with Crippen molar-refractivity contribution < 1.29 is 9.72 Å². The number of nitro benzene ring substituents is 1. The molecule has 1 N–H and O–H groups in total. The zero-order valence-electron chi connectivity index (χ0n) is 11.1. The van der Waals surface area contributed by atoms with Crippen LogP contribution >= 0.6 is 22.9 Å². The predicted molar refractivity (Wildman–Crippen MR) is 82.7 cm³/mol. The molecule has 0 radical (unpaired) electrons. The Morgan fingerprint density at radius 2 is 2.33 bits per heavy atom. The van der Waals surface area contributed by atoms with Gasteiger partial charge in [0.15, 0.2) is 5.13 Å². The van der Waals surface area contributed by atoms with Crippen LogP contribution in [0.25, 0.3) is 11.3 Å². The van der Waals surface area contributed by atoms with E-state index in [0.29, 0.717) is 16.4 Å². The third-order valence-electron chi connectivity index (χ3n) is 2.77. The normalized spacial score (nSPS) is 11.9. The summed E-state index contributed by atoms with van der Waals surface area (Å²) < 4.78 is 0. The van der Waals surface area contributed by atoms with Crippen molar-refractivity contribution in [1.29, 1.82) is 0 Å². The van der Waals surface area contributed by atoms with Crippen molar-refractivity contribution >= 4 is 39.7 Å². The van der Waals surface area contributed by atoms with E-state index in [9.17, 15) is 14.9 Å². The first-order valence-electron chi connectivity index (χ1n) is 6.08. The molecule has 0 spiro atoms. The first-order valence-corrected chi connectivity index (χ1v) is 7.50. The lowest BCUT2D eigenvalue weighted by Crippen LogP contribution is -2.21. The number of alkyl halides is 1. The largest absolute Gasteiger partial charge is 0.302 e. The van der Waals surface area contributed by atoms with E-state index in [-0.39, 0.29) is 23.4 Å². The van der Waals surface area contributed by atoms with Gasteiger partial charge in [0, 0.05) is 34.9 Å². The molecule has 1 aromatic heterocycles. The summed E-state index contributed by atoms with van der Waals surface area (Å²) in [5, 5.41) is 15.6. The molecule has 0 aliphatic heterocycles. The van der Waals surface area contributed by atoms with Crippen molar-refractivity contribution in [3.05, 3.63) is 39.8 Å². The maximum atomic E-state index is 11.7. The fraction of sp³-hybridized carbons (Fsp3) is 0.231. The van der Waals surface area contributed by atoms with Crippen LogP contribution < -0.4 is 5.32 Å². The SMILES string of the molecule is CC(CCl)C(=O)Nc1nc(-c2cccc([N+](=O)[O-])c2)cs1. The third kappa shape index (κ3) is 3.77. The molecule has 0 fully saturated rings. The molecule has 0 saturated carbocycles. The second-order valence-corrected chi connectivity index (χ2v) is 5.56. The average molecular weight is 326 g/mol. The van der Waals surface area contributed by atoms with Crippen LogP contribution in [0.1, 0.15) is 6.92 Å². The highest BCUT2D eigenvalue weighted by molar-refractivity contribution is 7.14. The van der Waals surface area contributed by atoms with Crippen molar-refractivity contribution in [2.75, 3.05) is 11.2 Å². The zero-order chi connectivity index (χ0) is 15.4. The smallest absolute Gasteiger partial charge is 0.270 e. The predicted octanol–water partition coefficient (Wildman–Crippen LogP) is 3.53. The number of hydrogen-bond acceptors (Lipinski definition) is 5. The molecule has 110 valence electrons. The molecule has 0 aliphatic carbocycles. The molecule has 6 nitrogen and oxygen atoms in total. The maximum absolute atomic E-state index is 11.7. The Balaban J connectivity index is 2.18. The van der Waals surface area contributed by atoms with E-state index in [2.05, 4.69) is 10.3 Å². The van der Waals surface area contributed by atoms with Crippen LogP contribution in [0, 0.1) is 16.0 Å². The average Bonchev–Trinajstić information content (AvgIpc) is 2.95. The summed E-state index contributed by atoms with van der Waals surface area (Å²) in [5.41, 5.74) is 1.21. The number of carbonyl (C=O) groups is 1. The Labute approximate surface area is 129 Å². The number of carbonyl (C=O) groups excluding carboxylic acids is 1. The summed E-state index contributed by atoms with van der Waals surface area (Å²) in [6.45, 7) is 1.72. The minimum absolute atomic E-state index is 0.00171. The van der Waals surface area contributed by atoms with Gasteiger partial charge in [0.25, 0.3) is 5.69 Å². The number of benzene rings is 1. The maximum Gasteiger partial charge on any atom is 0.270 e. The van der Waals surface area contributed by atoms with E-state index in [1.807, 2.05) is 0 Å². The van der Waals surface area contributed by atoms with Gasteiger partial charge in [-0.3, -0.25) is 14.9 Å². The molecule has 1 heterocycles. The molecule has 2 rings (SSSR count). The lowest BCUT2D eigenvalue weighted by atomic mass is 10.1. The standard InChI is InChI=1S/C13H12ClN3O3S/c1-8(6-14)12(18)16-13-15-11(7-21-13)9-3-2-4-10(5-9)17(19)20/h2-5,7-8H,6H2,1H3,(H,15,16,18). The molecule has 8 heteroatoms. The molecule has 21 heavy (non-hydrogen) atoms. The highest BCUT2D eigenvalue weighted by atomic mass is 35.5. The summed E-state index contributed by atoms with van der Waals surface area (Å²) in [5.74, 6) is -0.281. The molecule has 2 aromatic rings. The van der Waals surface area contributed by atoms with Gasteiger partial charge < -0.3 is 5.32 Å². The number of amides is 1. The minimum Gasteiger partial charge on any atom is -0.302 e. The summed E-state index contributed by atoms with van der Waals surface area (Å²) in [4.78, 5) is 26.3. The van der Waals surface area contributed by atoms with Gasteiger partial charge in [0.05, 0.1) is 10.6 Å². The van der Waals surface area contributed by atoms with E-state index < -0.39 is 4.92 Å². The number of anilines is 1. The van der Waals surface area contributed by atoms with Crippen molar-refractivity contribution in [2.45, 2.75) is 6.92 Å². The van der Waals surface area contributed by atoms with Gasteiger partial charge in [-0.2, -0.15) is 0 Å². The number of aromatic nitrogens is 1. The Kier molecular flexibility index (Phi) is 4.87. The van der Waals surface area contributed by atoms with Gasteiger partial charge in [0.1, 0.15) is 0 Å². The molecule has 1 atom stereocenters. The van der Waals surface area contributed by atoms with Crippen molar-refractivity contribution in [3.8, 4) is 11.3 Å². The molecule has 0 bridgehead atoms. The van der Waals surface area contributed by atoms with E-state index in [1.54, 1.807) is 24.4 Å². The van der Waals surface area contributed by atoms with Gasteiger partial charge in [-0.15, -0.1) is 22.9 Å². The highest BCUT2D eigenvalue weighted by Gasteiger charge is 2.14. The molecule has 0 saturated heterocycles. The molecule has 1 unspecified atom stereocenters. The fourth-order valence-corrected chi connectivity index (χ4v) is 2.40. The van der Waals surface area contributed by atoms with Crippen LogP contribution in [0.4, 0.5) is 10.8 Å². The Morgan fingerprint density at radius 1 is 1.57 bits per heavy atom. The Morgan fingerprint density at radius 3 is 3.00 bits per heavy atom. The first-order chi connectivity index (χ1) is 10.0. The van der Waals surface area contributed by atoms with Crippen LogP contribution in [0.3, 0.4) is 0 Å². The summed E-state index contributed by atoms with van der Waals surface area (Å²) in [7, 11) is 0. The minimum atomic E-state index is -0.458. The van der Waals surface area contributed by atoms with E-state index in [1.165, 1.54) is 23.5 Å². The number of nitrogens with zero attached hydrogens (tertiary/aromatic N) is 2. The monoisotopic (exact) mass is 325 g/mol. The van der Waals surface area contributed by atoms with E-state index >= 15 is 0 Å². The number of thiazole rings is 1. The van der Waals surface area contributed by atoms with Crippen molar-refractivity contribution in [1.82, 2.24) is 4.98 Å². The van der Waals surface area contributed by atoms with Gasteiger partial charge in [-0.1, -0.05) is 19.1 Å². The molecular formula is C13H12ClN3O3S. The van der Waals surface area contributed by atoms with Crippen LogP contribution in [0.15, 0.2) is 29.6 Å². The summed E-state index contributed by atoms with van der Waals surface area (Å²) >= 11 is 6.88. The lowest BCUT2D eigenvalue weighted by molar-refractivity contribution is -0.384. The Bertz CT molecular complexity index is 674. The number of halogens is 1. The second-order valence-electron chi connectivity index (χ2n) is 4.39. The van der Waals surface area contributed by atoms with Crippen molar-refractivity contribution in [2.24, 2.45) is 5.92 Å². The number of rotatable bonds is 5. The van der Waals surface area contributed by atoms with E-state index in [0.717, 1.165) is 0 Å². The van der Waals surface area contributed by atoms with Crippen LogP contribution in [-0.4, -0.2) is 21.7 Å².